The van der Waals surface area contributed by atoms with Gasteiger partial charge in [-0.1, -0.05) is 26.8 Å². The van der Waals surface area contributed by atoms with E-state index < -0.39 is 8.32 Å². The normalized spacial score (nSPS) is 29.8. The van der Waals surface area contributed by atoms with Gasteiger partial charge in [0, 0.05) is 12.2 Å². The third kappa shape index (κ3) is 2.79. The minimum Gasteiger partial charge on any atom is -0.466 e. The van der Waals surface area contributed by atoms with Gasteiger partial charge in [-0.15, -0.1) is 0 Å². The summed E-state index contributed by atoms with van der Waals surface area (Å²) >= 11 is 0. The molecule has 2 aliphatic carbocycles. The van der Waals surface area contributed by atoms with Crippen LogP contribution in [0.25, 0.3) is 0 Å². The van der Waals surface area contributed by atoms with Crippen LogP contribution < -0.4 is 0 Å². The van der Waals surface area contributed by atoms with Gasteiger partial charge in [0.25, 0.3) is 0 Å². The van der Waals surface area contributed by atoms with Gasteiger partial charge in [-0.2, -0.15) is 0 Å². The van der Waals surface area contributed by atoms with Crippen LogP contribution in [0.5, 0.6) is 0 Å². The minimum absolute atomic E-state index is 0.156. The van der Waals surface area contributed by atoms with Crippen LogP contribution in [0.2, 0.25) is 18.1 Å². The molecule has 2 aliphatic rings. The van der Waals surface area contributed by atoms with Crippen molar-refractivity contribution in [1.82, 2.24) is 0 Å². The lowest BCUT2D eigenvalue weighted by Gasteiger charge is -2.36. The first-order valence-electron chi connectivity index (χ1n) is 7.10. The molecule has 19 heavy (non-hydrogen) atoms. The van der Waals surface area contributed by atoms with Crippen molar-refractivity contribution in [3.8, 4) is 0 Å². The predicted molar refractivity (Wildman–Crippen MR) is 78.3 cm³/mol. The molecule has 0 radical (unpaired) electrons. The lowest BCUT2D eigenvalue weighted by molar-refractivity contribution is -0.136. The highest BCUT2D eigenvalue weighted by Crippen LogP contribution is 2.56. The SMILES string of the molecule is COC(=O)C1=CC2C(CO[Si](C)(C)C(C)(C)C)C2C1. The third-order valence-corrected chi connectivity index (χ3v) is 9.64. The van der Waals surface area contributed by atoms with Crippen LogP contribution in [0.1, 0.15) is 27.2 Å². The Morgan fingerprint density at radius 3 is 2.47 bits per heavy atom. The molecule has 0 N–H and O–H groups in total. The lowest BCUT2D eigenvalue weighted by Crippen LogP contribution is -2.41. The molecule has 0 aliphatic heterocycles. The Balaban J connectivity index is 1.84. The molecule has 3 nitrogen and oxygen atoms in total. The average Bonchev–Trinajstić information content (AvgIpc) is 2.75. The monoisotopic (exact) mass is 282 g/mol. The summed E-state index contributed by atoms with van der Waals surface area (Å²) in [5.74, 6) is 1.65. The fourth-order valence-corrected chi connectivity index (χ4v) is 3.64. The molecule has 4 heteroatoms. The van der Waals surface area contributed by atoms with Crippen LogP contribution in [0.15, 0.2) is 11.6 Å². The number of esters is 1. The molecule has 108 valence electrons. The second-order valence-electron chi connectivity index (χ2n) is 7.36. The molecule has 0 heterocycles. The van der Waals surface area contributed by atoms with Crippen LogP contribution in [0.4, 0.5) is 0 Å². The summed E-state index contributed by atoms with van der Waals surface area (Å²) < 4.78 is 11.0. The molecule has 0 bridgehead atoms. The van der Waals surface area contributed by atoms with Crippen LogP contribution in [0.3, 0.4) is 0 Å². The summed E-state index contributed by atoms with van der Waals surface area (Å²) in [6.07, 6.45) is 2.99. The number of allylic oxidation sites excluding steroid dienone is 1. The third-order valence-electron chi connectivity index (χ3n) is 5.14. The highest BCUT2D eigenvalue weighted by atomic mass is 28.4. The van der Waals surface area contributed by atoms with E-state index in [0.29, 0.717) is 17.8 Å². The zero-order valence-electron chi connectivity index (χ0n) is 12.9. The van der Waals surface area contributed by atoms with Crippen LogP contribution in [-0.2, 0) is 14.0 Å². The molecule has 0 aromatic rings. The van der Waals surface area contributed by atoms with E-state index >= 15 is 0 Å². The van der Waals surface area contributed by atoms with Gasteiger partial charge >= 0.3 is 5.97 Å². The van der Waals surface area contributed by atoms with Crippen molar-refractivity contribution in [2.24, 2.45) is 17.8 Å². The highest BCUT2D eigenvalue weighted by Gasteiger charge is 2.54. The van der Waals surface area contributed by atoms with E-state index in [1.54, 1.807) is 0 Å². The Morgan fingerprint density at radius 2 is 2.05 bits per heavy atom. The molecule has 0 saturated heterocycles. The van der Waals surface area contributed by atoms with Crippen molar-refractivity contribution in [2.45, 2.75) is 45.3 Å². The smallest absolute Gasteiger partial charge is 0.333 e. The topological polar surface area (TPSA) is 35.5 Å². The maximum Gasteiger partial charge on any atom is 0.333 e. The quantitative estimate of drug-likeness (QED) is 0.586. The average molecular weight is 282 g/mol. The first kappa shape index (κ1) is 14.8. The van der Waals surface area contributed by atoms with Crippen LogP contribution in [0, 0.1) is 17.8 Å². The molecule has 1 fully saturated rings. The number of carbonyl (C=O) groups excluding carboxylic acids is 1. The van der Waals surface area contributed by atoms with E-state index in [9.17, 15) is 4.79 Å². The summed E-state index contributed by atoms with van der Waals surface area (Å²) in [7, 11) is -0.184. The largest absolute Gasteiger partial charge is 0.466 e. The molecule has 0 aromatic heterocycles. The number of hydrogen-bond donors (Lipinski definition) is 0. The molecule has 3 atom stereocenters. The first-order chi connectivity index (χ1) is 8.67. The Hall–Kier alpha value is -0.613. The van der Waals surface area contributed by atoms with Crippen molar-refractivity contribution < 1.29 is 14.0 Å². The van der Waals surface area contributed by atoms with Crippen LogP contribution in [-0.4, -0.2) is 28.0 Å². The number of carbonyl (C=O) groups is 1. The van der Waals surface area contributed by atoms with Crippen molar-refractivity contribution in [2.75, 3.05) is 13.7 Å². The van der Waals surface area contributed by atoms with Gasteiger partial charge < -0.3 is 9.16 Å². The molecule has 2 rings (SSSR count). The van der Waals surface area contributed by atoms with Gasteiger partial charge in [0.15, 0.2) is 8.32 Å². The summed E-state index contributed by atoms with van der Waals surface area (Å²) in [6, 6.07) is 0. The molecule has 0 amide bonds. The first-order valence-corrected chi connectivity index (χ1v) is 10.0. The van der Waals surface area contributed by atoms with Crippen molar-refractivity contribution in [3.63, 3.8) is 0 Å². The number of hydrogen-bond acceptors (Lipinski definition) is 3. The Morgan fingerprint density at radius 1 is 1.42 bits per heavy atom. The molecular formula is C15H26O3Si. The molecule has 0 spiro atoms. The van der Waals surface area contributed by atoms with Crippen LogP contribution >= 0.6 is 0 Å². The van der Waals surface area contributed by atoms with Gasteiger partial charge in [0.1, 0.15) is 0 Å². The Kier molecular flexibility index (Phi) is 3.69. The van der Waals surface area contributed by atoms with Crippen molar-refractivity contribution >= 4 is 14.3 Å². The summed E-state index contributed by atoms with van der Waals surface area (Å²) in [5, 5.41) is 0.268. The highest BCUT2D eigenvalue weighted by molar-refractivity contribution is 6.74. The standard InChI is InChI=1S/C15H26O3Si/c1-15(2,3)19(5,6)18-9-13-11-7-10(8-12(11)13)14(16)17-4/h7,11-13H,8-9H2,1-6H3. The van der Waals surface area contributed by atoms with E-state index in [1.165, 1.54) is 7.11 Å². The number of rotatable bonds is 4. The van der Waals surface area contributed by atoms with Gasteiger partial charge in [-0.05, 0) is 42.3 Å². The lowest BCUT2D eigenvalue weighted by atomic mass is 10.1. The minimum atomic E-state index is -1.63. The van der Waals surface area contributed by atoms with Gasteiger partial charge in [0.2, 0.25) is 0 Å². The zero-order valence-corrected chi connectivity index (χ0v) is 13.9. The number of fused-ring (bicyclic) bond motifs is 1. The Labute approximate surface area is 117 Å². The second kappa shape index (κ2) is 4.74. The second-order valence-corrected chi connectivity index (χ2v) is 12.2. The van der Waals surface area contributed by atoms with E-state index in [1.807, 2.05) is 0 Å². The number of methoxy groups -OCH3 is 1. The van der Waals surface area contributed by atoms with E-state index in [2.05, 4.69) is 39.9 Å². The van der Waals surface area contributed by atoms with E-state index in [4.69, 9.17) is 9.16 Å². The molecule has 3 unspecified atom stereocenters. The van der Waals surface area contributed by atoms with Crippen molar-refractivity contribution in [3.05, 3.63) is 11.6 Å². The van der Waals surface area contributed by atoms with E-state index in [-0.39, 0.29) is 11.0 Å². The molecule has 0 aromatic carbocycles. The summed E-state index contributed by atoms with van der Waals surface area (Å²) in [5.41, 5.74) is 0.862. The summed E-state index contributed by atoms with van der Waals surface area (Å²) in [4.78, 5) is 11.4. The predicted octanol–water partition coefficient (Wildman–Crippen LogP) is 3.37. The van der Waals surface area contributed by atoms with Gasteiger partial charge in [0.05, 0.1) is 7.11 Å². The zero-order chi connectivity index (χ0) is 14.4. The maximum atomic E-state index is 11.4. The molecular weight excluding hydrogens is 256 g/mol. The van der Waals surface area contributed by atoms with Gasteiger partial charge in [-0.3, -0.25) is 0 Å². The number of ether oxygens (including phenoxy) is 1. The van der Waals surface area contributed by atoms with Crippen molar-refractivity contribution in [1.29, 1.82) is 0 Å². The Bertz CT molecular complexity index is 406. The summed E-state index contributed by atoms with van der Waals surface area (Å²) in [6.45, 7) is 12.2. The fraction of sp³-hybridized carbons (Fsp3) is 0.800. The fourth-order valence-electron chi connectivity index (χ4n) is 2.60. The van der Waals surface area contributed by atoms with E-state index in [0.717, 1.165) is 18.6 Å². The molecule has 1 saturated carbocycles. The van der Waals surface area contributed by atoms with Gasteiger partial charge in [-0.25, -0.2) is 4.79 Å². The maximum absolute atomic E-state index is 11.4.